The van der Waals surface area contributed by atoms with Crippen molar-refractivity contribution in [3.63, 3.8) is 0 Å². The van der Waals surface area contributed by atoms with Crippen LogP contribution >= 0.6 is 11.6 Å². The quantitative estimate of drug-likeness (QED) is 0.779. The zero-order valence-corrected chi connectivity index (χ0v) is 17.9. The molecule has 1 aliphatic heterocycles. The highest BCUT2D eigenvalue weighted by molar-refractivity contribution is 6.36. The first-order valence-corrected chi connectivity index (χ1v) is 10.9. The van der Waals surface area contributed by atoms with Crippen LogP contribution in [-0.2, 0) is 12.8 Å². The van der Waals surface area contributed by atoms with Gasteiger partial charge < -0.3 is 20.6 Å². The fraction of sp³-hybridized carbons (Fsp3) is 0.500. The number of fused-ring (bicyclic) bond motifs is 2. The molecule has 0 spiro atoms. The number of nitrogens with two attached hydrogens (primary N) is 1. The molecular weight excluding hydrogens is 404 g/mol. The molecule has 160 valence electrons. The zero-order valence-electron chi connectivity index (χ0n) is 17.1. The van der Waals surface area contributed by atoms with E-state index in [-0.39, 0.29) is 11.9 Å². The van der Waals surface area contributed by atoms with Gasteiger partial charge in [0.1, 0.15) is 0 Å². The maximum atomic E-state index is 13.1. The van der Waals surface area contributed by atoms with Gasteiger partial charge in [-0.05, 0) is 62.8 Å². The first-order chi connectivity index (χ1) is 14.4. The third-order valence-electron chi connectivity index (χ3n) is 6.37. The largest absolute Gasteiger partial charge is 0.465 e. The van der Waals surface area contributed by atoms with E-state index in [1.165, 1.54) is 4.90 Å². The predicted molar refractivity (Wildman–Crippen MR) is 116 cm³/mol. The van der Waals surface area contributed by atoms with Crippen LogP contribution in [0.5, 0.6) is 0 Å². The molecule has 4 rings (SSSR count). The third kappa shape index (κ3) is 3.84. The van der Waals surface area contributed by atoms with Gasteiger partial charge >= 0.3 is 6.09 Å². The van der Waals surface area contributed by atoms with Gasteiger partial charge in [-0.25, -0.2) is 4.79 Å². The van der Waals surface area contributed by atoms with Gasteiger partial charge in [0.15, 0.2) is 0 Å². The number of aryl methyl sites for hydroxylation is 1. The molecule has 7 nitrogen and oxygen atoms in total. The number of carbonyl (C=O) groups is 2. The van der Waals surface area contributed by atoms with Crippen molar-refractivity contribution in [1.29, 1.82) is 0 Å². The number of hydrogen-bond acceptors (Lipinski definition) is 4. The van der Waals surface area contributed by atoms with E-state index in [9.17, 15) is 14.7 Å². The number of halogens is 1. The molecule has 0 bridgehead atoms. The number of carboxylic acid groups (broad SMARTS) is 1. The summed E-state index contributed by atoms with van der Waals surface area (Å²) in [7, 11) is 0. The number of nitrogens with zero attached hydrogens (tertiary/aromatic N) is 3. The van der Waals surface area contributed by atoms with Gasteiger partial charge in [0.25, 0.3) is 5.91 Å². The lowest BCUT2D eigenvalue weighted by Crippen LogP contribution is -2.55. The van der Waals surface area contributed by atoms with Crippen LogP contribution in [-0.4, -0.2) is 64.1 Å². The third-order valence-corrected chi connectivity index (χ3v) is 6.80. The average Bonchev–Trinajstić information content (AvgIpc) is 2.73. The molecule has 1 saturated heterocycles. The van der Waals surface area contributed by atoms with Crippen molar-refractivity contribution in [2.75, 3.05) is 26.2 Å². The first-order valence-electron chi connectivity index (χ1n) is 10.5. The Hall–Kier alpha value is -2.38. The molecular formula is C22H27ClN4O3. The summed E-state index contributed by atoms with van der Waals surface area (Å²) in [5, 5.41) is 10.8. The number of piperazine rings is 1. The lowest BCUT2D eigenvalue weighted by atomic mass is 9.84. The van der Waals surface area contributed by atoms with Gasteiger partial charge in [-0.3, -0.25) is 9.78 Å². The average molecular weight is 431 g/mol. The van der Waals surface area contributed by atoms with E-state index < -0.39 is 6.09 Å². The van der Waals surface area contributed by atoms with Crippen LogP contribution in [0.2, 0.25) is 5.02 Å². The van der Waals surface area contributed by atoms with Crippen molar-refractivity contribution in [3.05, 3.63) is 40.0 Å². The van der Waals surface area contributed by atoms with Crippen molar-refractivity contribution in [2.45, 2.75) is 38.6 Å². The Morgan fingerprint density at radius 1 is 1.33 bits per heavy atom. The predicted octanol–water partition coefficient (Wildman–Crippen LogP) is 3.17. The summed E-state index contributed by atoms with van der Waals surface area (Å²) in [6, 6.07) is 5.30. The molecule has 2 amide bonds. The standard InChI is InChI=1S/C22H27ClN4O3/c1-13-12-26(22(29)30)8-9-27(13)21(28)15-3-4-16-19(11-15)25-18-5-2-14(6-7-24)10-17(18)20(16)23/h3-4,11,13-14H,2,5-10,12,24H2,1H3,(H,29,30)/t13-,14?/m0/s1. The number of benzene rings is 1. The molecule has 2 heterocycles. The summed E-state index contributed by atoms with van der Waals surface area (Å²) in [5.41, 5.74) is 9.16. The molecule has 2 atom stereocenters. The lowest BCUT2D eigenvalue weighted by Gasteiger charge is -2.38. The van der Waals surface area contributed by atoms with Gasteiger partial charge in [0, 0.05) is 42.3 Å². The van der Waals surface area contributed by atoms with E-state index in [0.29, 0.717) is 37.7 Å². The molecule has 1 aromatic heterocycles. The van der Waals surface area contributed by atoms with Gasteiger partial charge in [0.2, 0.25) is 0 Å². The van der Waals surface area contributed by atoms with Crippen molar-refractivity contribution in [1.82, 2.24) is 14.8 Å². The highest BCUT2D eigenvalue weighted by atomic mass is 35.5. The maximum absolute atomic E-state index is 13.1. The van der Waals surface area contributed by atoms with Gasteiger partial charge in [-0.15, -0.1) is 0 Å². The second-order valence-electron chi connectivity index (χ2n) is 8.35. The summed E-state index contributed by atoms with van der Waals surface area (Å²) in [4.78, 5) is 32.2. The Kier molecular flexibility index (Phi) is 5.84. The minimum absolute atomic E-state index is 0.104. The summed E-state index contributed by atoms with van der Waals surface area (Å²) in [6.45, 7) is 3.57. The van der Waals surface area contributed by atoms with E-state index in [1.807, 2.05) is 19.1 Å². The van der Waals surface area contributed by atoms with Crippen LogP contribution in [0.25, 0.3) is 10.9 Å². The molecule has 2 aromatic rings. The van der Waals surface area contributed by atoms with Crippen LogP contribution < -0.4 is 5.73 Å². The van der Waals surface area contributed by atoms with E-state index in [0.717, 1.165) is 52.9 Å². The monoisotopic (exact) mass is 430 g/mol. The topological polar surface area (TPSA) is 99.8 Å². The van der Waals surface area contributed by atoms with Gasteiger partial charge in [-0.2, -0.15) is 0 Å². The Bertz CT molecular complexity index is 996. The van der Waals surface area contributed by atoms with E-state index >= 15 is 0 Å². The van der Waals surface area contributed by atoms with Crippen LogP contribution in [0.3, 0.4) is 0 Å². The number of hydrogen-bond donors (Lipinski definition) is 2. The fourth-order valence-electron chi connectivity index (χ4n) is 4.67. The SMILES string of the molecule is C[C@H]1CN(C(=O)O)CCN1C(=O)c1ccc2c(Cl)c3c(nc2c1)CCC(CCN)C3. The van der Waals surface area contributed by atoms with Crippen molar-refractivity contribution >= 4 is 34.5 Å². The Morgan fingerprint density at radius 3 is 2.83 bits per heavy atom. The number of rotatable bonds is 3. The Labute approximate surface area is 180 Å². The molecule has 0 radical (unpaired) electrons. The molecule has 30 heavy (non-hydrogen) atoms. The van der Waals surface area contributed by atoms with E-state index in [2.05, 4.69) is 0 Å². The maximum Gasteiger partial charge on any atom is 0.407 e. The van der Waals surface area contributed by atoms with Crippen LogP contribution in [0, 0.1) is 5.92 Å². The first kappa shape index (κ1) is 20.9. The van der Waals surface area contributed by atoms with Crippen LogP contribution in [0.1, 0.15) is 41.4 Å². The van der Waals surface area contributed by atoms with E-state index in [4.69, 9.17) is 22.3 Å². The van der Waals surface area contributed by atoms with Gasteiger partial charge in [-0.1, -0.05) is 17.7 Å². The molecule has 2 aliphatic rings. The normalized spacial score (nSPS) is 21.6. The van der Waals surface area contributed by atoms with Gasteiger partial charge in [0.05, 0.1) is 10.5 Å². The second-order valence-corrected chi connectivity index (χ2v) is 8.72. The smallest absolute Gasteiger partial charge is 0.407 e. The minimum atomic E-state index is -0.947. The summed E-state index contributed by atoms with van der Waals surface area (Å²) >= 11 is 6.75. The minimum Gasteiger partial charge on any atom is -0.465 e. The van der Waals surface area contributed by atoms with Crippen LogP contribution in [0.4, 0.5) is 4.79 Å². The van der Waals surface area contributed by atoms with Crippen molar-refractivity contribution in [2.24, 2.45) is 11.7 Å². The number of aromatic nitrogens is 1. The number of amides is 2. The molecule has 0 saturated carbocycles. The molecule has 1 aromatic carbocycles. The number of pyridine rings is 1. The number of carbonyl (C=O) groups excluding carboxylic acids is 1. The molecule has 3 N–H and O–H groups in total. The van der Waals surface area contributed by atoms with Crippen LogP contribution in [0.15, 0.2) is 18.2 Å². The molecule has 1 unspecified atom stereocenters. The fourth-order valence-corrected chi connectivity index (χ4v) is 5.02. The zero-order chi connectivity index (χ0) is 21.4. The van der Waals surface area contributed by atoms with E-state index in [1.54, 1.807) is 11.0 Å². The highest BCUT2D eigenvalue weighted by Gasteiger charge is 2.30. The molecule has 8 heteroatoms. The molecule has 1 fully saturated rings. The summed E-state index contributed by atoms with van der Waals surface area (Å²) in [6.07, 6.45) is 2.89. The molecule has 1 aliphatic carbocycles. The Morgan fingerprint density at radius 2 is 2.13 bits per heavy atom. The summed E-state index contributed by atoms with van der Waals surface area (Å²) < 4.78 is 0. The van der Waals surface area contributed by atoms with Crippen molar-refractivity contribution in [3.8, 4) is 0 Å². The van der Waals surface area contributed by atoms with Crippen molar-refractivity contribution < 1.29 is 14.7 Å². The Balaban J connectivity index is 1.60. The summed E-state index contributed by atoms with van der Waals surface area (Å²) in [5.74, 6) is 0.444. The lowest BCUT2D eigenvalue weighted by molar-refractivity contribution is 0.0484. The highest BCUT2D eigenvalue weighted by Crippen LogP contribution is 2.36. The second kappa shape index (κ2) is 8.40.